The van der Waals surface area contributed by atoms with Crippen molar-refractivity contribution in [3.05, 3.63) is 35.5 Å². The molecule has 1 fully saturated rings. The van der Waals surface area contributed by atoms with E-state index in [0.29, 0.717) is 5.92 Å². The molecule has 3 rings (SSSR count). The Hall–Kier alpha value is -1.97. The van der Waals surface area contributed by atoms with E-state index in [4.69, 9.17) is 5.11 Å². The predicted molar refractivity (Wildman–Crippen MR) is 72.3 cm³/mol. The van der Waals surface area contributed by atoms with Gasteiger partial charge in [0, 0.05) is 5.39 Å². The van der Waals surface area contributed by atoms with Crippen LogP contribution in [0.15, 0.2) is 24.3 Å². The zero-order valence-electron chi connectivity index (χ0n) is 10.7. The summed E-state index contributed by atoms with van der Waals surface area (Å²) in [5, 5.41) is 17.5. The minimum absolute atomic E-state index is 0.00768. The maximum absolute atomic E-state index is 10.9. The second-order valence-corrected chi connectivity index (χ2v) is 5.19. The van der Waals surface area contributed by atoms with Crippen LogP contribution in [-0.4, -0.2) is 21.3 Å². The molecule has 4 nitrogen and oxygen atoms in total. The summed E-state index contributed by atoms with van der Waals surface area (Å²) in [4.78, 5) is 10.9. The summed E-state index contributed by atoms with van der Waals surface area (Å²) < 4.78 is 0. The highest BCUT2D eigenvalue weighted by molar-refractivity contribution is 5.90. The molecule has 0 spiro atoms. The van der Waals surface area contributed by atoms with Crippen molar-refractivity contribution >= 4 is 16.9 Å². The molecule has 2 aromatic rings. The van der Waals surface area contributed by atoms with Crippen molar-refractivity contribution in [3.63, 3.8) is 0 Å². The number of rotatable bonds is 2. The molecule has 19 heavy (non-hydrogen) atoms. The van der Waals surface area contributed by atoms with Crippen LogP contribution in [0.4, 0.5) is 0 Å². The van der Waals surface area contributed by atoms with Gasteiger partial charge in [-0.25, -0.2) is 4.79 Å². The fourth-order valence-corrected chi connectivity index (χ4v) is 2.86. The van der Waals surface area contributed by atoms with Gasteiger partial charge in [0.15, 0.2) is 5.69 Å². The zero-order valence-corrected chi connectivity index (χ0v) is 10.7. The van der Waals surface area contributed by atoms with Gasteiger partial charge in [-0.3, -0.25) is 0 Å². The van der Waals surface area contributed by atoms with Crippen molar-refractivity contribution < 1.29 is 9.90 Å². The standard InChI is InChI=1S/C15H16N2O2/c18-15(19)14-9-12-8-11(6-7-13(12)16-17-14)10-4-2-1-3-5-10/h6-10H,1-5H2,(H,18,19). The van der Waals surface area contributed by atoms with E-state index in [2.05, 4.69) is 22.3 Å². The van der Waals surface area contributed by atoms with Crippen molar-refractivity contribution in [3.8, 4) is 0 Å². The van der Waals surface area contributed by atoms with Crippen LogP contribution in [0.1, 0.15) is 54.1 Å². The van der Waals surface area contributed by atoms with E-state index in [1.165, 1.54) is 37.7 Å². The summed E-state index contributed by atoms with van der Waals surface area (Å²) in [6.45, 7) is 0. The molecule has 0 bridgehead atoms. The molecule has 1 saturated carbocycles. The van der Waals surface area contributed by atoms with Crippen LogP contribution >= 0.6 is 0 Å². The van der Waals surface area contributed by atoms with Crippen LogP contribution in [-0.2, 0) is 0 Å². The van der Waals surface area contributed by atoms with Crippen LogP contribution in [0.3, 0.4) is 0 Å². The van der Waals surface area contributed by atoms with Gasteiger partial charge < -0.3 is 5.11 Å². The second kappa shape index (κ2) is 4.96. The van der Waals surface area contributed by atoms with E-state index < -0.39 is 5.97 Å². The van der Waals surface area contributed by atoms with Crippen LogP contribution in [0, 0.1) is 0 Å². The number of aromatic carboxylic acids is 1. The molecule has 0 unspecified atom stereocenters. The first-order valence-electron chi connectivity index (χ1n) is 6.75. The van der Waals surface area contributed by atoms with Gasteiger partial charge in [0.2, 0.25) is 0 Å². The molecular weight excluding hydrogens is 240 g/mol. The third-order valence-electron chi connectivity index (χ3n) is 3.90. The Morgan fingerprint density at radius 2 is 1.89 bits per heavy atom. The van der Waals surface area contributed by atoms with Crippen LogP contribution < -0.4 is 0 Å². The van der Waals surface area contributed by atoms with E-state index in [0.717, 1.165) is 10.9 Å². The van der Waals surface area contributed by atoms with Gasteiger partial charge in [-0.15, -0.1) is 10.2 Å². The third kappa shape index (κ3) is 2.43. The van der Waals surface area contributed by atoms with Gasteiger partial charge >= 0.3 is 5.97 Å². The van der Waals surface area contributed by atoms with Crippen molar-refractivity contribution in [2.45, 2.75) is 38.0 Å². The van der Waals surface area contributed by atoms with Crippen LogP contribution in [0.5, 0.6) is 0 Å². The normalized spacial score (nSPS) is 16.6. The SMILES string of the molecule is O=C(O)c1cc2cc(C3CCCCC3)ccc2nn1. The summed E-state index contributed by atoms with van der Waals surface area (Å²) in [6.07, 6.45) is 6.37. The zero-order chi connectivity index (χ0) is 13.2. The molecular formula is C15H16N2O2. The highest BCUT2D eigenvalue weighted by Gasteiger charge is 2.16. The molecule has 1 aromatic heterocycles. The fourth-order valence-electron chi connectivity index (χ4n) is 2.86. The Kier molecular flexibility index (Phi) is 3.15. The van der Waals surface area contributed by atoms with Gasteiger partial charge in [-0.1, -0.05) is 25.3 Å². The number of nitrogens with zero attached hydrogens (tertiary/aromatic N) is 2. The predicted octanol–water partition coefficient (Wildman–Crippen LogP) is 3.38. The first-order chi connectivity index (χ1) is 9.24. The highest BCUT2D eigenvalue weighted by Crippen LogP contribution is 2.33. The lowest BCUT2D eigenvalue weighted by Crippen LogP contribution is -2.05. The quantitative estimate of drug-likeness (QED) is 0.894. The number of aromatic nitrogens is 2. The van der Waals surface area contributed by atoms with E-state index in [-0.39, 0.29) is 5.69 Å². The monoisotopic (exact) mass is 256 g/mol. The van der Waals surface area contributed by atoms with E-state index in [1.807, 2.05) is 6.07 Å². The number of carboxylic acids is 1. The summed E-state index contributed by atoms with van der Waals surface area (Å²) in [5.74, 6) is -0.419. The molecule has 0 aliphatic heterocycles. The molecule has 4 heteroatoms. The minimum Gasteiger partial charge on any atom is -0.476 e. The molecule has 0 amide bonds. The Labute approximate surface area is 111 Å². The largest absolute Gasteiger partial charge is 0.476 e. The Balaban J connectivity index is 2.00. The van der Waals surface area contributed by atoms with Gasteiger partial charge in [0.05, 0.1) is 5.52 Å². The topological polar surface area (TPSA) is 63.1 Å². The Morgan fingerprint density at radius 1 is 1.11 bits per heavy atom. The molecule has 1 aromatic carbocycles. The first kappa shape index (κ1) is 12.1. The molecule has 1 heterocycles. The van der Waals surface area contributed by atoms with Crippen molar-refractivity contribution in [1.82, 2.24) is 10.2 Å². The average molecular weight is 256 g/mol. The molecule has 0 radical (unpaired) electrons. The van der Waals surface area contributed by atoms with E-state index >= 15 is 0 Å². The molecule has 0 saturated heterocycles. The van der Waals surface area contributed by atoms with E-state index in [1.54, 1.807) is 6.07 Å². The average Bonchev–Trinajstić information content (AvgIpc) is 2.47. The smallest absolute Gasteiger partial charge is 0.356 e. The summed E-state index contributed by atoms with van der Waals surface area (Å²) >= 11 is 0. The number of benzene rings is 1. The fraction of sp³-hybridized carbons (Fsp3) is 0.400. The van der Waals surface area contributed by atoms with E-state index in [9.17, 15) is 4.79 Å². The molecule has 1 aliphatic carbocycles. The number of hydrogen-bond donors (Lipinski definition) is 1. The molecule has 98 valence electrons. The minimum atomic E-state index is -1.03. The van der Waals surface area contributed by atoms with Gasteiger partial charge in [-0.05, 0) is 42.5 Å². The lowest BCUT2D eigenvalue weighted by molar-refractivity contribution is 0.0689. The lowest BCUT2D eigenvalue weighted by Gasteiger charge is -2.22. The number of carboxylic acid groups (broad SMARTS) is 1. The lowest BCUT2D eigenvalue weighted by atomic mass is 9.84. The van der Waals surface area contributed by atoms with Crippen LogP contribution in [0.2, 0.25) is 0 Å². The first-order valence-corrected chi connectivity index (χ1v) is 6.75. The number of hydrogen-bond acceptors (Lipinski definition) is 3. The van der Waals surface area contributed by atoms with Crippen molar-refractivity contribution in [2.75, 3.05) is 0 Å². The third-order valence-corrected chi connectivity index (χ3v) is 3.90. The molecule has 0 atom stereocenters. The van der Waals surface area contributed by atoms with Gasteiger partial charge in [-0.2, -0.15) is 0 Å². The maximum Gasteiger partial charge on any atom is 0.356 e. The summed E-state index contributed by atoms with van der Waals surface area (Å²) in [6, 6.07) is 7.73. The van der Waals surface area contributed by atoms with Crippen molar-refractivity contribution in [1.29, 1.82) is 0 Å². The number of carbonyl (C=O) groups is 1. The molecule has 1 aliphatic rings. The highest BCUT2D eigenvalue weighted by atomic mass is 16.4. The number of fused-ring (bicyclic) bond motifs is 1. The molecule has 1 N–H and O–H groups in total. The van der Waals surface area contributed by atoms with Gasteiger partial charge in [0.25, 0.3) is 0 Å². The second-order valence-electron chi connectivity index (χ2n) is 5.19. The Morgan fingerprint density at radius 3 is 2.63 bits per heavy atom. The van der Waals surface area contributed by atoms with Crippen molar-refractivity contribution in [2.24, 2.45) is 0 Å². The van der Waals surface area contributed by atoms with Crippen LogP contribution in [0.25, 0.3) is 10.9 Å². The summed E-state index contributed by atoms with van der Waals surface area (Å²) in [5.41, 5.74) is 2.06. The van der Waals surface area contributed by atoms with Gasteiger partial charge in [0.1, 0.15) is 0 Å². The Bertz CT molecular complexity index is 619. The maximum atomic E-state index is 10.9. The summed E-state index contributed by atoms with van der Waals surface area (Å²) in [7, 11) is 0.